The van der Waals surface area contributed by atoms with E-state index >= 15 is 0 Å². The van der Waals surface area contributed by atoms with Crippen LogP contribution in [0.4, 0.5) is 5.82 Å². The van der Waals surface area contributed by atoms with Crippen LogP contribution in [0.3, 0.4) is 0 Å². The Bertz CT molecular complexity index is 410. The second kappa shape index (κ2) is 7.05. The zero-order chi connectivity index (χ0) is 14.5. The van der Waals surface area contributed by atoms with Gasteiger partial charge in [-0.3, -0.25) is 5.84 Å². The number of nitrogens with zero attached hydrogens (tertiary/aromatic N) is 1. The Morgan fingerprint density at radius 1 is 1.42 bits per heavy atom. The highest BCUT2D eigenvalue weighted by Crippen LogP contribution is 2.37. The Hall–Kier alpha value is -0.880. The average molecular weight is 287 g/mol. The van der Waals surface area contributed by atoms with Crippen LogP contribution >= 0.6 is 11.6 Å². The zero-order valence-corrected chi connectivity index (χ0v) is 12.5. The SMILES string of the molecule is CCOC(CC)(CC)C(NN)c1cc(Cl)cnc1N. The summed E-state index contributed by atoms with van der Waals surface area (Å²) in [6.45, 7) is 6.70. The minimum absolute atomic E-state index is 0.256. The number of pyridine rings is 1. The van der Waals surface area contributed by atoms with Crippen LogP contribution in [0.5, 0.6) is 0 Å². The second-order valence-electron chi connectivity index (χ2n) is 4.43. The van der Waals surface area contributed by atoms with Crippen LogP contribution in [0.1, 0.15) is 45.2 Å². The quantitative estimate of drug-likeness (QED) is 0.529. The van der Waals surface area contributed by atoms with Gasteiger partial charge < -0.3 is 10.5 Å². The minimum atomic E-state index is -0.427. The molecule has 1 atom stereocenters. The van der Waals surface area contributed by atoms with Gasteiger partial charge in [-0.2, -0.15) is 0 Å². The van der Waals surface area contributed by atoms with Crippen LogP contribution in [0.15, 0.2) is 12.3 Å². The van der Waals surface area contributed by atoms with E-state index in [4.69, 9.17) is 27.9 Å². The van der Waals surface area contributed by atoms with Gasteiger partial charge in [0.25, 0.3) is 0 Å². The van der Waals surface area contributed by atoms with Crippen molar-refractivity contribution in [1.29, 1.82) is 0 Å². The molecule has 0 aliphatic rings. The maximum atomic E-state index is 6.00. The van der Waals surface area contributed by atoms with Crippen molar-refractivity contribution < 1.29 is 4.74 Å². The molecular weight excluding hydrogens is 264 g/mol. The van der Waals surface area contributed by atoms with Gasteiger partial charge in [0.15, 0.2) is 0 Å². The highest BCUT2D eigenvalue weighted by atomic mass is 35.5. The molecule has 5 N–H and O–H groups in total. The number of ether oxygens (including phenoxy) is 1. The molecule has 0 aliphatic carbocycles. The molecule has 0 aliphatic heterocycles. The zero-order valence-electron chi connectivity index (χ0n) is 11.7. The van der Waals surface area contributed by atoms with Gasteiger partial charge >= 0.3 is 0 Å². The molecule has 1 aromatic heterocycles. The normalized spacial score (nSPS) is 13.5. The second-order valence-corrected chi connectivity index (χ2v) is 4.87. The fourth-order valence-electron chi connectivity index (χ4n) is 2.45. The monoisotopic (exact) mass is 286 g/mol. The summed E-state index contributed by atoms with van der Waals surface area (Å²) in [4.78, 5) is 4.08. The summed E-state index contributed by atoms with van der Waals surface area (Å²) < 4.78 is 5.96. The number of hydrazine groups is 1. The van der Waals surface area contributed by atoms with Crippen molar-refractivity contribution in [2.75, 3.05) is 12.3 Å². The van der Waals surface area contributed by atoms with E-state index in [9.17, 15) is 0 Å². The van der Waals surface area contributed by atoms with Gasteiger partial charge in [-0.25, -0.2) is 10.4 Å². The summed E-state index contributed by atoms with van der Waals surface area (Å²) in [6.07, 6.45) is 3.13. The van der Waals surface area contributed by atoms with Crippen LogP contribution in [-0.2, 0) is 4.74 Å². The smallest absolute Gasteiger partial charge is 0.128 e. The van der Waals surface area contributed by atoms with E-state index in [0.717, 1.165) is 18.4 Å². The van der Waals surface area contributed by atoms with E-state index in [1.165, 1.54) is 6.20 Å². The Morgan fingerprint density at radius 3 is 2.53 bits per heavy atom. The highest BCUT2D eigenvalue weighted by molar-refractivity contribution is 6.30. The third kappa shape index (κ3) is 3.36. The van der Waals surface area contributed by atoms with E-state index in [2.05, 4.69) is 24.3 Å². The van der Waals surface area contributed by atoms with E-state index in [1.807, 2.05) is 6.92 Å². The summed E-state index contributed by atoms with van der Waals surface area (Å²) >= 11 is 6.00. The molecule has 5 nitrogen and oxygen atoms in total. The molecule has 6 heteroatoms. The lowest BCUT2D eigenvalue weighted by atomic mass is 9.84. The van der Waals surface area contributed by atoms with Crippen molar-refractivity contribution >= 4 is 17.4 Å². The fraction of sp³-hybridized carbons (Fsp3) is 0.615. The van der Waals surface area contributed by atoms with Crippen LogP contribution < -0.4 is 17.0 Å². The first-order chi connectivity index (χ1) is 9.04. The van der Waals surface area contributed by atoms with E-state index in [0.29, 0.717) is 17.4 Å². The summed E-state index contributed by atoms with van der Waals surface area (Å²) in [6, 6.07) is 1.53. The average Bonchev–Trinajstić information content (AvgIpc) is 2.42. The molecule has 0 bridgehead atoms. The molecule has 0 saturated carbocycles. The summed E-state index contributed by atoms with van der Waals surface area (Å²) in [5.74, 6) is 6.15. The van der Waals surface area contributed by atoms with Gasteiger partial charge in [-0.1, -0.05) is 25.4 Å². The number of nitrogens with one attached hydrogen (secondary N) is 1. The van der Waals surface area contributed by atoms with Gasteiger partial charge in [0.2, 0.25) is 0 Å². The highest BCUT2D eigenvalue weighted by Gasteiger charge is 2.38. The van der Waals surface area contributed by atoms with Gasteiger partial charge in [0, 0.05) is 18.4 Å². The molecule has 0 aromatic carbocycles. The molecule has 1 heterocycles. The Balaban J connectivity index is 3.26. The lowest BCUT2D eigenvalue weighted by Gasteiger charge is -2.39. The van der Waals surface area contributed by atoms with Gasteiger partial charge in [-0.15, -0.1) is 0 Å². The van der Waals surface area contributed by atoms with Crippen LogP contribution in [0, 0.1) is 0 Å². The molecule has 0 amide bonds. The Morgan fingerprint density at radius 2 is 2.05 bits per heavy atom. The van der Waals surface area contributed by atoms with Gasteiger partial charge in [-0.05, 0) is 25.8 Å². The number of hydrogen-bond donors (Lipinski definition) is 3. The lowest BCUT2D eigenvalue weighted by Crippen LogP contribution is -2.48. The van der Waals surface area contributed by atoms with Crippen LogP contribution in [0.25, 0.3) is 0 Å². The van der Waals surface area contributed by atoms with Crippen molar-refractivity contribution in [3.63, 3.8) is 0 Å². The third-order valence-electron chi connectivity index (χ3n) is 3.55. The minimum Gasteiger partial charge on any atom is -0.383 e. The van der Waals surface area contributed by atoms with E-state index in [-0.39, 0.29) is 6.04 Å². The molecule has 108 valence electrons. The molecular formula is C13H23ClN4O. The third-order valence-corrected chi connectivity index (χ3v) is 3.76. The van der Waals surface area contributed by atoms with E-state index in [1.54, 1.807) is 6.07 Å². The maximum Gasteiger partial charge on any atom is 0.128 e. The topological polar surface area (TPSA) is 86.2 Å². The van der Waals surface area contributed by atoms with Crippen molar-refractivity contribution in [3.05, 3.63) is 22.8 Å². The Kier molecular flexibility index (Phi) is 6.00. The van der Waals surface area contributed by atoms with Gasteiger partial charge in [0.05, 0.1) is 16.7 Å². The first-order valence-corrected chi connectivity index (χ1v) is 6.93. The number of aromatic nitrogens is 1. The van der Waals surface area contributed by atoms with Crippen LogP contribution in [-0.4, -0.2) is 17.2 Å². The van der Waals surface area contributed by atoms with Crippen molar-refractivity contribution in [2.45, 2.75) is 45.3 Å². The molecule has 0 fully saturated rings. The molecule has 0 saturated heterocycles. The fourth-order valence-corrected chi connectivity index (χ4v) is 2.62. The largest absolute Gasteiger partial charge is 0.383 e. The number of halogens is 1. The van der Waals surface area contributed by atoms with Crippen molar-refractivity contribution in [2.24, 2.45) is 5.84 Å². The maximum absolute atomic E-state index is 6.00. The standard InChI is InChI=1S/C13H23ClN4O/c1-4-13(5-2,19-6-3)11(18-16)10-7-9(14)8-17-12(10)15/h7-8,11,18H,4-6,16H2,1-3H3,(H2,15,17). The molecule has 1 unspecified atom stereocenters. The first-order valence-electron chi connectivity index (χ1n) is 6.55. The van der Waals surface area contributed by atoms with Crippen molar-refractivity contribution in [3.8, 4) is 0 Å². The number of anilines is 1. The molecule has 0 spiro atoms. The molecule has 1 aromatic rings. The summed E-state index contributed by atoms with van der Waals surface area (Å²) in [7, 11) is 0. The van der Waals surface area contributed by atoms with E-state index < -0.39 is 5.60 Å². The van der Waals surface area contributed by atoms with Crippen LogP contribution in [0.2, 0.25) is 5.02 Å². The summed E-state index contributed by atoms with van der Waals surface area (Å²) in [5.41, 5.74) is 9.10. The summed E-state index contributed by atoms with van der Waals surface area (Å²) in [5, 5.41) is 0.530. The number of hydrogen-bond acceptors (Lipinski definition) is 5. The Labute approximate surface area is 119 Å². The first kappa shape index (κ1) is 16.2. The van der Waals surface area contributed by atoms with Crippen molar-refractivity contribution in [1.82, 2.24) is 10.4 Å². The lowest BCUT2D eigenvalue weighted by molar-refractivity contribution is -0.0733. The number of nitrogens with two attached hydrogens (primary N) is 2. The predicted molar refractivity (Wildman–Crippen MR) is 78.7 cm³/mol. The molecule has 0 radical (unpaired) electrons. The van der Waals surface area contributed by atoms with Gasteiger partial charge in [0.1, 0.15) is 5.82 Å². The molecule has 1 rings (SSSR count). The predicted octanol–water partition coefficient (Wildman–Crippen LogP) is 2.42. The molecule has 19 heavy (non-hydrogen) atoms. The number of rotatable bonds is 7. The number of nitrogen functional groups attached to an aromatic ring is 1.